The Labute approximate surface area is 116 Å². The number of carbonyl (C=O) groups is 1. The Kier molecular flexibility index (Phi) is 3.02. The van der Waals surface area contributed by atoms with Crippen molar-refractivity contribution in [3.05, 3.63) is 48.3 Å². The zero-order valence-corrected chi connectivity index (χ0v) is 11.0. The summed E-state index contributed by atoms with van der Waals surface area (Å²) >= 11 is 0. The maximum absolute atomic E-state index is 11.3. The van der Waals surface area contributed by atoms with Crippen molar-refractivity contribution in [3.8, 4) is 5.75 Å². The highest BCUT2D eigenvalue weighted by Crippen LogP contribution is 2.38. The Morgan fingerprint density at radius 3 is 2.90 bits per heavy atom. The summed E-state index contributed by atoms with van der Waals surface area (Å²) in [5, 5.41) is 9.23. The minimum absolute atomic E-state index is 0.275. The Morgan fingerprint density at radius 2 is 2.15 bits per heavy atom. The molecule has 20 heavy (non-hydrogen) atoms. The topological polar surface area (TPSA) is 62.7 Å². The van der Waals surface area contributed by atoms with Crippen molar-refractivity contribution < 1.29 is 14.6 Å². The normalized spacial score (nSPS) is 17.2. The molecule has 0 saturated heterocycles. The van der Waals surface area contributed by atoms with E-state index in [4.69, 9.17) is 4.74 Å². The van der Waals surface area contributed by atoms with E-state index >= 15 is 0 Å². The highest BCUT2D eigenvalue weighted by atomic mass is 16.5. The molecule has 3 rings (SSSR count). The van der Waals surface area contributed by atoms with E-state index < -0.39 is 12.1 Å². The number of hydrogen-bond donors (Lipinski definition) is 1. The van der Waals surface area contributed by atoms with Gasteiger partial charge in [0.1, 0.15) is 5.75 Å². The molecule has 102 valence electrons. The van der Waals surface area contributed by atoms with Crippen LogP contribution < -0.4 is 9.64 Å². The molecule has 1 atom stereocenters. The van der Waals surface area contributed by atoms with E-state index in [1.54, 1.807) is 18.5 Å². The first-order chi connectivity index (χ1) is 9.66. The van der Waals surface area contributed by atoms with Crippen molar-refractivity contribution in [2.75, 3.05) is 11.4 Å². The van der Waals surface area contributed by atoms with Crippen LogP contribution in [0.2, 0.25) is 0 Å². The monoisotopic (exact) mass is 270 g/mol. The van der Waals surface area contributed by atoms with Crippen LogP contribution in [0.3, 0.4) is 0 Å². The molecule has 0 saturated carbocycles. The summed E-state index contributed by atoms with van der Waals surface area (Å²) in [6.45, 7) is 2.23. The van der Waals surface area contributed by atoms with E-state index in [1.165, 1.54) is 0 Å². The second-order valence-corrected chi connectivity index (χ2v) is 4.69. The van der Waals surface area contributed by atoms with Crippen LogP contribution >= 0.6 is 0 Å². The number of aryl methyl sites for hydroxylation is 1. The van der Waals surface area contributed by atoms with Crippen molar-refractivity contribution >= 4 is 17.3 Å². The fourth-order valence-corrected chi connectivity index (χ4v) is 2.36. The number of carboxylic acid groups (broad SMARTS) is 1. The molecule has 0 fully saturated rings. The third-order valence-corrected chi connectivity index (χ3v) is 3.33. The lowest BCUT2D eigenvalue weighted by Crippen LogP contribution is -2.42. The molecule has 1 N–H and O–H groups in total. The number of rotatable bonds is 2. The number of pyridine rings is 1. The van der Waals surface area contributed by atoms with Gasteiger partial charge in [0.15, 0.2) is 0 Å². The number of para-hydroxylation sites is 2. The Morgan fingerprint density at radius 1 is 1.35 bits per heavy atom. The van der Waals surface area contributed by atoms with Gasteiger partial charge in [0.25, 0.3) is 0 Å². The summed E-state index contributed by atoms with van der Waals surface area (Å²) in [7, 11) is 0. The first-order valence-corrected chi connectivity index (χ1v) is 6.33. The first kappa shape index (κ1) is 12.5. The number of hydrogen-bond acceptors (Lipinski definition) is 4. The molecule has 2 heterocycles. The van der Waals surface area contributed by atoms with Gasteiger partial charge in [-0.05, 0) is 30.7 Å². The van der Waals surface area contributed by atoms with Gasteiger partial charge >= 0.3 is 5.97 Å². The Hall–Kier alpha value is -2.56. The number of ether oxygens (including phenoxy) is 1. The molecular weight excluding hydrogens is 256 g/mol. The highest BCUT2D eigenvalue weighted by molar-refractivity contribution is 5.79. The van der Waals surface area contributed by atoms with E-state index in [1.807, 2.05) is 36.1 Å². The number of fused-ring (bicyclic) bond motifs is 1. The van der Waals surface area contributed by atoms with Crippen molar-refractivity contribution in [2.45, 2.75) is 13.0 Å². The highest BCUT2D eigenvalue weighted by Gasteiger charge is 2.31. The largest absolute Gasteiger partial charge is 0.478 e. The fourth-order valence-electron chi connectivity index (χ4n) is 2.36. The second kappa shape index (κ2) is 4.85. The van der Waals surface area contributed by atoms with Crippen LogP contribution in [0.4, 0.5) is 11.4 Å². The van der Waals surface area contributed by atoms with Crippen LogP contribution in [-0.4, -0.2) is 28.7 Å². The Balaban J connectivity index is 2.10. The van der Waals surface area contributed by atoms with Gasteiger partial charge in [-0.15, -0.1) is 0 Å². The van der Waals surface area contributed by atoms with Crippen LogP contribution in [0.15, 0.2) is 42.7 Å². The SMILES string of the molecule is Cc1cnccc1N1CC(C(=O)O)Oc2ccccc21. The van der Waals surface area contributed by atoms with Gasteiger partial charge in [-0.2, -0.15) is 0 Å². The van der Waals surface area contributed by atoms with Crippen molar-refractivity contribution in [1.29, 1.82) is 0 Å². The molecule has 1 aromatic heterocycles. The minimum Gasteiger partial charge on any atom is -0.478 e. The van der Waals surface area contributed by atoms with Crippen LogP contribution in [0.1, 0.15) is 5.56 Å². The minimum atomic E-state index is -0.962. The lowest BCUT2D eigenvalue weighted by atomic mass is 10.1. The van der Waals surface area contributed by atoms with Gasteiger partial charge in [0, 0.05) is 18.1 Å². The van der Waals surface area contributed by atoms with Gasteiger partial charge in [-0.1, -0.05) is 12.1 Å². The van der Waals surface area contributed by atoms with Gasteiger partial charge < -0.3 is 14.7 Å². The maximum Gasteiger partial charge on any atom is 0.346 e. The van der Waals surface area contributed by atoms with Gasteiger partial charge in [-0.3, -0.25) is 4.98 Å². The number of anilines is 2. The molecule has 1 aliphatic rings. The molecule has 0 aliphatic carbocycles. The third kappa shape index (κ3) is 2.07. The standard InChI is InChI=1S/C15H14N2O3/c1-10-8-16-7-6-11(10)17-9-14(15(18)19)20-13-5-3-2-4-12(13)17/h2-8,14H,9H2,1H3,(H,18,19). The predicted octanol–water partition coefficient (Wildman–Crippen LogP) is 2.37. The lowest BCUT2D eigenvalue weighted by molar-refractivity contribution is -0.144. The maximum atomic E-state index is 11.3. The molecule has 0 bridgehead atoms. The van der Waals surface area contributed by atoms with E-state index in [2.05, 4.69) is 4.98 Å². The summed E-state index contributed by atoms with van der Waals surface area (Å²) in [5.41, 5.74) is 2.81. The summed E-state index contributed by atoms with van der Waals surface area (Å²) in [6, 6.07) is 9.34. The van der Waals surface area contributed by atoms with Crippen LogP contribution in [-0.2, 0) is 4.79 Å². The zero-order valence-electron chi connectivity index (χ0n) is 11.0. The fraction of sp³-hybridized carbons (Fsp3) is 0.200. The molecule has 5 nitrogen and oxygen atoms in total. The van der Waals surface area contributed by atoms with E-state index in [0.29, 0.717) is 5.75 Å². The second-order valence-electron chi connectivity index (χ2n) is 4.69. The van der Waals surface area contributed by atoms with Gasteiger partial charge in [0.05, 0.1) is 12.2 Å². The summed E-state index contributed by atoms with van der Waals surface area (Å²) in [6.07, 6.45) is 2.59. The number of aliphatic carboxylic acids is 1. The molecule has 2 aromatic rings. The average molecular weight is 270 g/mol. The predicted molar refractivity (Wildman–Crippen MR) is 74.5 cm³/mol. The quantitative estimate of drug-likeness (QED) is 0.907. The molecule has 0 radical (unpaired) electrons. The van der Waals surface area contributed by atoms with Crippen LogP contribution in [0, 0.1) is 6.92 Å². The van der Waals surface area contributed by atoms with E-state index in [9.17, 15) is 9.90 Å². The smallest absolute Gasteiger partial charge is 0.346 e. The van der Waals surface area contributed by atoms with E-state index in [0.717, 1.165) is 16.9 Å². The molecule has 1 aliphatic heterocycles. The van der Waals surface area contributed by atoms with Crippen molar-refractivity contribution in [3.63, 3.8) is 0 Å². The van der Waals surface area contributed by atoms with Crippen LogP contribution in [0.25, 0.3) is 0 Å². The molecule has 1 unspecified atom stereocenters. The van der Waals surface area contributed by atoms with Crippen molar-refractivity contribution in [2.24, 2.45) is 0 Å². The van der Waals surface area contributed by atoms with E-state index in [-0.39, 0.29) is 6.54 Å². The van der Waals surface area contributed by atoms with Gasteiger partial charge in [0.2, 0.25) is 6.10 Å². The number of carboxylic acids is 1. The molecule has 0 amide bonds. The number of nitrogens with zero attached hydrogens (tertiary/aromatic N) is 2. The average Bonchev–Trinajstić information content (AvgIpc) is 2.46. The first-order valence-electron chi connectivity index (χ1n) is 6.33. The molecule has 5 heteroatoms. The third-order valence-electron chi connectivity index (χ3n) is 3.33. The zero-order chi connectivity index (χ0) is 14.1. The molecule has 0 spiro atoms. The lowest BCUT2D eigenvalue weighted by Gasteiger charge is -2.35. The summed E-state index contributed by atoms with van der Waals surface area (Å²) < 4.78 is 5.53. The molecule has 1 aromatic carbocycles. The van der Waals surface area contributed by atoms with Gasteiger partial charge in [-0.25, -0.2) is 4.79 Å². The summed E-state index contributed by atoms with van der Waals surface area (Å²) in [4.78, 5) is 17.3. The van der Waals surface area contributed by atoms with Crippen LogP contribution in [0.5, 0.6) is 5.75 Å². The Bertz CT molecular complexity index is 657. The van der Waals surface area contributed by atoms with Crippen molar-refractivity contribution in [1.82, 2.24) is 4.98 Å². The number of benzene rings is 1. The summed E-state index contributed by atoms with van der Waals surface area (Å²) in [5.74, 6) is -0.376. The molecular formula is C15H14N2O3. The number of aromatic nitrogens is 1.